The van der Waals surface area contributed by atoms with E-state index in [0.717, 1.165) is 16.8 Å². The Kier molecular flexibility index (Phi) is 4.18. The lowest BCUT2D eigenvalue weighted by atomic mass is 10.2. The van der Waals surface area contributed by atoms with Gasteiger partial charge in [-0.3, -0.25) is 4.79 Å². The Bertz CT molecular complexity index is 637. The number of hydrogen-bond acceptors (Lipinski definition) is 3. The molecule has 0 bridgehead atoms. The van der Waals surface area contributed by atoms with Crippen molar-refractivity contribution in [2.24, 2.45) is 0 Å². The van der Waals surface area contributed by atoms with Crippen molar-refractivity contribution in [1.29, 1.82) is 0 Å². The Labute approximate surface area is 123 Å². The Morgan fingerprint density at radius 3 is 2.75 bits per heavy atom. The Morgan fingerprint density at radius 1 is 1.50 bits per heavy atom. The molecule has 1 unspecified atom stereocenters. The normalized spacial score (nSPS) is 12.4. The van der Waals surface area contributed by atoms with Gasteiger partial charge in [0.1, 0.15) is 17.6 Å². The highest BCUT2D eigenvalue weighted by atomic mass is 35.5. The summed E-state index contributed by atoms with van der Waals surface area (Å²) in [6.45, 7) is 1.85. The second kappa shape index (κ2) is 5.71. The molecule has 2 aromatic rings. The van der Waals surface area contributed by atoms with Gasteiger partial charge in [0.05, 0.1) is 24.0 Å². The number of imidazole rings is 1. The van der Waals surface area contributed by atoms with Crippen LogP contribution in [0.15, 0.2) is 18.2 Å². The molecule has 1 aromatic heterocycles. The van der Waals surface area contributed by atoms with Gasteiger partial charge in [-0.1, -0.05) is 0 Å². The number of aromatic nitrogens is 2. The second-order valence-electron chi connectivity index (χ2n) is 4.79. The van der Waals surface area contributed by atoms with Gasteiger partial charge < -0.3 is 14.2 Å². The van der Waals surface area contributed by atoms with Crippen LogP contribution in [0.2, 0.25) is 0 Å². The smallest absolute Gasteiger partial charge is 0.244 e. The largest absolute Gasteiger partial charge is 0.497 e. The fourth-order valence-corrected chi connectivity index (χ4v) is 2.45. The van der Waals surface area contributed by atoms with E-state index in [-0.39, 0.29) is 17.8 Å². The van der Waals surface area contributed by atoms with Crippen LogP contribution in [0, 0.1) is 0 Å². The number of amides is 1. The average Bonchev–Trinajstić information content (AvgIpc) is 2.82. The third kappa shape index (κ3) is 2.45. The number of likely N-dealkylation sites (N-methyl/N-ethyl adjacent to an activating group) is 1. The van der Waals surface area contributed by atoms with Crippen molar-refractivity contribution in [2.75, 3.05) is 21.2 Å². The maximum Gasteiger partial charge on any atom is 0.244 e. The molecular formula is C14H18ClN3O2. The molecule has 0 aliphatic rings. The maximum atomic E-state index is 12.2. The molecule has 5 nitrogen and oxygen atoms in total. The van der Waals surface area contributed by atoms with Crippen LogP contribution in [0.5, 0.6) is 5.75 Å². The highest BCUT2D eigenvalue weighted by Crippen LogP contribution is 2.26. The number of alkyl halides is 1. The quantitative estimate of drug-likeness (QED) is 0.814. The molecule has 0 radical (unpaired) electrons. The average molecular weight is 296 g/mol. The molecule has 0 spiro atoms. The van der Waals surface area contributed by atoms with Crippen LogP contribution in [0.3, 0.4) is 0 Å². The monoisotopic (exact) mass is 295 g/mol. The summed E-state index contributed by atoms with van der Waals surface area (Å²) in [6.07, 6.45) is 0. The first-order valence-electron chi connectivity index (χ1n) is 6.31. The van der Waals surface area contributed by atoms with Gasteiger partial charge in [0.15, 0.2) is 0 Å². The molecule has 0 fully saturated rings. The fraction of sp³-hybridized carbons (Fsp3) is 0.429. The molecule has 108 valence electrons. The molecule has 1 aromatic carbocycles. The SMILES string of the molecule is COc1ccc2nc(CCl)n(C(C)C(=O)N(C)C)c2c1. The van der Waals surface area contributed by atoms with Gasteiger partial charge in [0, 0.05) is 20.2 Å². The molecule has 1 amide bonds. The number of fused-ring (bicyclic) bond motifs is 1. The van der Waals surface area contributed by atoms with Crippen LogP contribution in [-0.2, 0) is 10.7 Å². The molecule has 20 heavy (non-hydrogen) atoms. The van der Waals surface area contributed by atoms with E-state index in [1.54, 1.807) is 26.1 Å². The van der Waals surface area contributed by atoms with Crippen LogP contribution in [-0.4, -0.2) is 41.6 Å². The van der Waals surface area contributed by atoms with Crippen molar-refractivity contribution in [1.82, 2.24) is 14.5 Å². The predicted molar refractivity (Wildman–Crippen MR) is 79.2 cm³/mol. The standard InChI is InChI=1S/C14H18ClN3O2/c1-9(14(19)17(2)3)18-12-7-10(20-4)5-6-11(12)16-13(18)8-15/h5-7,9H,8H2,1-4H3. The maximum absolute atomic E-state index is 12.2. The molecule has 0 saturated heterocycles. The lowest BCUT2D eigenvalue weighted by molar-refractivity contribution is -0.131. The van der Waals surface area contributed by atoms with E-state index in [1.807, 2.05) is 29.7 Å². The van der Waals surface area contributed by atoms with Gasteiger partial charge in [-0.2, -0.15) is 0 Å². The Balaban J connectivity index is 2.62. The van der Waals surface area contributed by atoms with Gasteiger partial charge in [-0.15, -0.1) is 11.6 Å². The number of benzene rings is 1. The number of nitrogens with zero attached hydrogens (tertiary/aromatic N) is 3. The summed E-state index contributed by atoms with van der Waals surface area (Å²) in [4.78, 5) is 18.2. The van der Waals surface area contributed by atoms with E-state index < -0.39 is 0 Å². The van der Waals surface area contributed by atoms with E-state index in [9.17, 15) is 4.79 Å². The van der Waals surface area contributed by atoms with Crippen molar-refractivity contribution < 1.29 is 9.53 Å². The van der Waals surface area contributed by atoms with Gasteiger partial charge in [0.25, 0.3) is 0 Å². The van der Waals surface area contributed by atoms with Crippen LogP contribution < -0.4 is 4.74 Å². The topological polar surface area (TPSA) is 47.4 Å². The van der Waals surface area contributed by atoms with Crippen molar-refractivity contribution in [2.45, 2.75) is 18.8 Å². The molecular weight excluding hydrogens is 278 g/mol. The first-order chi connectivity index (χ1) is 9.49. The van der Waals surface area contributed by atoms with Gasteiger partial charge in [-0.05, 0) is 19.1 Å². The summed E-state index contributed by atoms with van der Waals surface area (Å²) < 4.78 is 7.11. The van der Waals surface area contributed by atoms with Crippen molar-refractivity contribution in [3.8, 4) is 5.75 Å². The lowest BCUT2D eigenvalue weighted by Crippen LogP contribution is -2.30. The number of halogens is 1. The number of carbonyl (C=O) groups excluding carboxylic acids is 1. The zero-order valence-corrected chi connectivity index (χ0v) is 12.8. The predicted octanol–water partition coefficient (Wildman–Crippen LogP) is 2.43. The Morgan fingerprint density at radius 2 is 2.20 bits per heavy atom. The number of rotatable bonds is 4. The van der Waals surface area contributed by atoms with E-state index in [0.29, 0.717) is 5.82 Å². The summed E-state index contributed by atoms with van der Waals surface area (Å²) in [6, 6.07) is 5.22. The van der Waals surface area contributed by atoms with Crippen molar-refractivity contribution in [3.63, 3.8) is 0 Å². The fourth-order valence-electron chi connectivity index (χ4n) is 2.26. The summed E-state index contributed by atoms with van der Waals surface area (Å²) >= 11 is 5.97. The van der Waals surface area contributed by atoms with E-state index >= 15 is 0 Å². The zero-order valence-electron chi connectivity index (χ0n) is 12.1. The summed E-state index contributed by atoms with van der Waals surface area (Å²) in [5, 5.41) is 0. The Hall–Kier alpha value is -1.75. The highest BCUT2D eigenvalue weighted by molar-refractivity contribution is 6.17. The molecule has 1 atom stereocenters. The van der Waals surface area contributed by atoms with Crippen LogP contribution in [0.4, 0.5) is 0 Å². The number of methoxy groups -OCH3 is 1. The highest BCUT2D eigenvalue weighted by Gasteiger charge is 2.22. The van der Waals surface area contributed by atoms with Gasteiger partial charge in [-0.25, -0.2) is 4.98 Å². The zero-order chi connectivity index (χ0) is 14.9. The number of ether oxygens (including phenoxy) is 1. The van der Waals surface area contributed by atoms with E-state index in [2.05, 4.69) is 4.98 Å². The molecule has 0 N–H and O–H groups in total. The van der Waals surface area contributed by atoms with Crippen LogP contribution in [0.25, 0.3) is 11.0 Å². The first-order valence-corrected chi connectivity index (χ1v) is 6.85. The number of hydrogen-bond donors (Lipinski definition) is 0. The van der Waals surface area contributed by atoms with E-state index in [1.165, 1.54) is 0 Å². The van der Waals surface area contributed by atoms with Gasteiger partial charge in [0.2, 0.25) is 5.91 Å². The van der Waals surface area contributed by atoms with Crippen LogP contribution >= 0.6 is 11.6 Å². The van der Waals surface area contributed by atoms with Crippen molar-refractivity contribution in [3.05, 3.63) is 24.0 Å². The van der Waals surface area contributed by atoms with Crippen LogP contribution in [0.1, 0.15) is 18.8 Å². The minimum Gasteiger partial charge on any atom is -0.497 e. The summed E-state index contributed by atoms with van der Waals surface area (Å²) in [5.41, 5.74) is 1.66. The molecule has 0 saturated carbocycles. The molecule has 0 aliphatic heterocycles. The number of carbonyl (C=O) groups is 1. The first kappa shape index (κ1) is 14.7. The molecule has 6 heteroatoms. The summed E-state index contributed by atoms with van der Waals surface area (Å²) in [5.74, 6) is 1.66. The van der Waals surface area contributed by atoms with E-state index in [4.69, 9.17) is 16.3 Å². The minimum absolute atomic E-state index is 0.00140. The third-order valence-corrected chi connectivity index (χ3v) is 3.51. The lowest BCUT2D eigenvalue weighted by Gasteiger charge is -2.20. The minimum atomic E-state index is -0.365. The third-order valence-electron chi connectivity index (χ3n) is 3.27. The van der Waals surface area contributed by atoms with Crippen molar-refractivity contribution >= 4 is 28.5 Å². The second-order valence-corrected chi connectivity index (χ2v) is 5.06. The molecule has 1 heterocycles. The van der Waals surface area contributed by atoms with Gasteiger partial charge >= 0.3 is 0 Å². The molecule has 2 rings (SSSR count). The molecule has 0 aliphatic carbocycles. The summed E-state index contributed by atoms with van der Waals surface area (Å²) in [7, 11) is 5.08.